The molecule has 0 saturated carbocycles. The van der Waals surface area contributed by atoms with Crippen molar-refractivity contribution < 1.29 is 27.6 Å². The van der Waals surface area contributed by atoms with Crippen molar-refractivity contribution in [2.24, 2.45) is 0 Å². The van der Waals surface area contributed by atoms with Gasteiger partial charge < -0.3 is 0 Å². The van der Waals surface area contributed by atoms with Crippen LogP contribution in [0.25, 0.3) is 0 Å². The molecular weight excluding hydrogens is 498 g/mol. The van der Waals surface area contributed by atoms with Gasteiger partial charge >= 0.3 is 6.18 Å². The van der Waals surface area contributed by atoms with Crippen LogP contribution in [-0.4, -0.2) is 47.9 Å². The summed E-state index contributed by atoms with van der Waals surface area (Å²) in [5.74, 6) is -2.98. The maximum absolute atomic E-state index is 14.5. The lowest BCUT2D eigenvalue weighted by Gasteiger charge is -2.35. The number of alkyl halides is 3. The number of para-hydroxylation sites is 1. The zero-order valence-electron chi connectivity index (χ0n) is 22.0. The molecule has 0 bridgehead atoms. The van der Waals surface area contributed by atoms with Crippen LogP contribution < -0.4 is 4.90 Å². The Hall–Kier alpha value is -2.53. The molecule has 0 aromatic heterocycles. The van der Waals surface area contributed by atoms with Gasteiger partial charge in [0, 0.05) is 11.3 Å². The van der Waals surface area contributed by atoms with Crippen molar-refractivity contribution in [2.45, 2.75) is 71.5 Å². The normalized spacial score (nSPS) is 12.7. The van der Waals surface area contributed by atoms with E-state index in [-0.39, 0.29) is 11.3 Å². The fraction of sp³-hybridized carbons (Fsp3) is 0.483. The second-order valence-corrected chi connectivity index (χ2v) is 13.4. The number of hydrogen-bond donors (Lipinski definition) is 0. The van der Waals surface area contributed by atoms with Crippen molar-refractivity contribution in [1.82, 2.24) is 0 Å². The first-order valence-corrected chi connectivity index (χ1v) is 15.4. The summed E-state index contributed by atoms with van der Waals surface area (Å²) in [6.07, 6.45) is 0.641. The van der Waals surface area contributed by atoms with E-state index < -0.39 is 36.7 Å². The Balaban J connectivity index is 2.79. The molecule has 0 fully saturated rings. The van der Waals surface area contributed by atoms with Gasteiger partial charge in [-0.1, -0.05) is 76.4 Å². The van der Waals surface area contributed by atoms with Gasteiger partial charge in [0.2, 0.25) is 6.04 Å². The van der Waals surface area contributed by atoms with Gasteiger partial charge in [0.1, 0.15) is 0 Å². The number of Topliss-reactive ketones (excluding diaryl/α,β-unsaturated/α-hetero) is 1. The minimum absolute atomic E-state index is 0.0897. The van der Waals surface area contributed by atoms with Crippen molar-refractivity contribution >= 4 is 30.2 Å². The quantitative estimate of drug-likeness (QED) is 0.173. The minimum atomic E-state index is -5.28. The molecular formula is C29H38F3NO3P+. The molecule has 4 nitrogen and oxygen atoms in total. The van der Waals surface area contributed by atoms with E-state index >= 15 is 0 Å². The SMILES string of the molecule is CCCC[P+](CCCC)(CCCC)C(=O)C(C(=O)C(F)(F)F)N(C(=O)c1ccccc1)c1ccccc1. The summed E-state index contributed by atoms with van der Waals surface area (Å²) < 4.78 is 42.4. The van der Waals surface area contributed by atoms with Crippen molar-refractivity contribution in [2.75, 3.05) is 23.4 Å². The Labute approximate surface area is 219 Å². The average Bonchev–Trinajstić information content (AvgIpc) is 2.91. The molecule has 8 heteroatoms. The number of nitrogens with zero attached hydrogens (tertiary/aromatic N) is 1. The first-order valence-electron chi connectivity index (χ1n) is 13.1. The second-order valence-electron chi connectivity index (χ2n) is 9.36. The molecule has 2 rings (SSSR count). The summed E-state index contributed by atoms with van der Waals surface area (Å²) >= 11 is 0. The van der Waals surface area contributed by atoms with Gasteiger partial charge in [-0.15, -0.1) is 0 Å². The zero-order valence-corrected chi connectivity index (χ0v) is 22.9. The molecule has 2 aromatic carbocycles. The van der Waals surface area contributed by atoms with Crippen LogP contribution in [-0.2, 0) is 9.59 Å². The summed E-state index contributed by atoms with van der Waals surface area (Å²) in [5.41, 5.74) is -0.496. The number of unbranched alkanes of at least 4 members (excludes halogenated alkanes) is 3. The molecule has 0 spiro atoms. The summed E-state index contributed by atoms with van der Waals surface area (Å²) in [7, 11) is -2.68. The Kier molecular flexibility index (Phi) is 12.0. The van der Waals surface area contributed by atoms with Crippen LogP contribution in [0.5, 0.6) is 0 Å². The van der Waals surface area contributed by atoms with Crippen molar-refractivity contribution in [3.05, 3.63) is 66.2 Å². The second kappa shape index (κ2) is 14.4. The summed E-state index contributed by atoms with van der Waals surface area (Å²) in [6, 6.07) is 13.3. The minimum Gasteiger partial charge on any atom is -0.287 e. The van der Waals surface area contributed by atoms with Crippen LogP contribution >= 0.6 is 7.26 Å². The van der Waals surface area contributed by atoms with E-state index in [2.05, 4.69) is 0 Å². The average molecular weight is 537 g/mol. The van der Waals surface area contributed by atoms with Gasteiger partial charge in [0.05, 0.1) is 25.7 Å². The number of anilines is 1. The Bertz CT molecular complexity index is 990. The number of carbonyl (C=O) groups excluding carboxylic acids is 3. The van der Waals surface area contributed by atoms with E-state index in [0.717, 1.165) is 24.2 Å². The summed E-state index contributed by atoms with van der Waals surface area (Å²) in [4.78, 5) is 42.1. The van der Waals surface area contributed by atoms with Crippen LogP contribution in [0.3, 0.4) is 0 Å². The maximum Gasteiger partial charge on any atom is 0.452 e. The third-order valence-electron chi connectivity index (χ3n) is 6.58. The highest BCUT2D eigenvalue weighted by molar-refractivity contribution is 7.91. The molecule has 1 amide bonds. The zero-order chi connectivity index (χ0) is 27.5. The molecule has 0 aliphatic heterocycles. The van der Waals surface area contributed by atoms with Gasteiger partial charge in [0.25, 0.3) is 17.2 Å². The van der Waals surface area contributed by atoms with Gasteiger partial charge in [-0.2, -0.15) is 13.2 Å². The van der Waals surface area contributed by atoms with E-state index in [0.29, 0.717) is 37.7 Å². The number of ketones is 1. The van der Waals surface area contributed by atoms with Crippen molar-refractivity contribution in [3.63, 3.8) is 0 Å². The lowest BCUT2D eigenvalue weighted by molar-refractivity contribution is -0.172. The maximum atomic E-state index is 14.5. The van der Waals surface area contributed by atoms with Gasteiger partial charge in [-0.3, -0.25) is 19.3 Å². The Morgan fingerprint density at radius 2 is 1.19 bits per heavy atom. The third-order valence-corrected chi connectivity index (χ3v) is 11.3. The van der Waals surface area contributed by atoms with Crippen LogP contribution in [0.1, 0.15) is 69.7 Å². The first kappa shape index (κ1) is 30.7. The summed E-state index contributed by atoms with van der Waals surface area (Å²) in [5, 5.41) is 0. The number of carbonyl (C=O) groups is 3. The highest BCUT2D eigenvalue weighted by Gasteiger charge is 2.58. The topological polar surface area (TPSA) is 54.5 Å². The summed E-state index contributed by atoms with van der Waals surface area (Å²) in [6.45, 7) is 5.94. The molecule has 0 saturated heterocycles. The van der Waals surface area contributed by atoms with Gasteiger partial charge in [0.15, 0.2) is 0 Å². The molecule has 0 aliphatic rings. The largest absolute Gasteiger partial charge is 0.452 e. The fourth-order valence-corrected chi connectivity index (χ4v) is 9.34. The number of halogens is 3. The highest BCUT2D eigenvalue weighted by Crippen LogP contribution is 2.63. The molecule has 202 valence electrons. The number of rotatable bonds is 15. The molecule has 0 radical (unpaired) electrons. The van der Waals surface area contributed by atoms with Crippen molar-refractivity contribution in [3.8, 4) is 0 Å². The van der Waals surface area contributed by atoms with E-state index in [9.17, 15) is 27.6 Å². The molecule has 1 atom stereocenters. The van der Waals surface area contributed by atoms with Crippen LogP contribution in [0, 0.1) is 0 Å². The number of amides is 1. The van der Waals surface area contributed by atoms with E-state index in [1.807, 2.05) is 20.8 Å². The van der Waals surface area contributed by atoms with Gasteiger partial charge in [-0.25, -0.2) is 0 Å². The van der Waals surface area contributed by atoms with Gasteiger partial charge in [-0.05, 0) is 43.5 Å². The third kappa shape index (κ3) is 7.98. The molecule has 0 aliphatic carbocycles. The Morgan fingerprint density at radius 3 is 1.59 bits per heavy atom. The lowest BCUT2D eigenvalue weighted by atomic mass is 10.1. The van der Waals surface area contributed by atoms with E-state index in [1.54, 1.807) is 36.4 Å². The van der Waals surface area contributed by atoms with E-state index in [1.165, 1.54) is 24.3 Å². The molecule has 0 heterocycles. The Morgan fingerprint density at radius 1 is 0.757 bits per heavy atom. The number of benzene rings is 2. The van der Waals surface area contributed by atoms with Crippen molar-refractivity contribution in [1.29, 1.82) is 0 Å². The molecule has 0 N–H and O–H groups in total. The number of hydrogen-bond acceptors (Lipinski definition) is 3. The fourth-order valence-electron chi connectivity index (χ4n) is 4.49. The lowest BCUT2D eigenvalue weighted by Crippen LogP contribution is -2.55. The standard InChI is InChI=1S/C29H38F3NO3P/c1-4-7-20-37(21-8-5-2,22-9-6-3)28(36)25(26(34)29(30,31)32)33(24-18-14-11-15-19-24)27(35)23-16-12-10-13-17-23/h10-19,25H,4-9,20-22H2,1-3H3/q+1. The smallest absolute Gasteiger partial charge is 0.287 e. The van der Waals surface area contributed by atoms with E-state index in [4.69, 9.17) is 0 Å². The highest BCUT2D eigenvalue weighted by atomic mass is 31.2. The molecule has 37 heavy (non-hydrogen) atoms. The predicted molar refractivity (Wildman–Crippen MR) is 146 cm³/mol. The molecule has 1 unspecified atom stereocenters. The van der Waals surface area contributed by atoms with Crippen LogP contribution in [0.2, 0.25) is 0 Å². The monoisotopic (exact) mass is 536 g/mol. The predicted octanol–water partition coefficient (Wildman–Crippen LogP) is 7.78. The first-order chi connectivity index (χ1) is 17.6. The van der Waals surface area contributed by atoms with Crippen LogP contribution in [0.4, 0.5) is 18.9 Å². The van der Waals surface area contributed by atoms with Crippen LogP contribution in [0.15, 0.2) is 60.7 Å². The molecule has 2 aromatic rings.